The summed E-state index contributed by atoms with van der Waals surface area (Å²) < 4.78 is 5.94. The van der Waals surface area contributed by atoms with E-state index in [2.05, 4.69) is 21.2 Å². The van der Waals surface area contributed by atoms with Gasteiger partial charge in [-0.1, -0.05) is 11.6 Å². The summed E-state index contributed by atoms with van der Waals surface area (Å²) in [5.41, 5.74) is 0.744. The molecule has 1 fully saturated rings. The van der Waals surface area contributed by atoms with Crippen molar-refractivity contribution in [2.24, 2.45) is 5.92 Å². The normalized spacial score (nSPS) is 19.8. The predicted molar refractivity (Wildman–Crippen MR) is 66.7 cm³/mol. The molecule has 1 atom stereocenters. The van der Waals surface area contributed by atoms with Crippen molar-refractivity contribution in [3.05, 3.63) is 27.7 Å². The second-order valence-electron chi connectivity index (χ2n) is 3.68. The zero-order chi connectivity index (χ0) is 11.5. The van der Waals surface area contributed by atoms with Crippen molar-refractivity contribution in [2.75, 3.05) is 18.5 Å². The molecule has 1 unspecified atom stereocenters. The molecule has 3 nitrogen and oxygen atoms in total. The van der Waals surface area contributed by atoms with Crippen LogP contribution < -0.4 is 5.32 Å². The van der Waals surface area contributed by atoms with Gasteiger partial charge in [-0.15, -0.1) is 0 Å². The van der Waals surface area contributed by atoms with Crippen LogP contribution in [0.5, 0.6) is 0 Å². The Morgan fingerprint density at radius 3 is 3.00 bits per heavy atom. The largest absolute Gasteiger partial charge is 0.381 e. The lowest BCUT2D eigenvalue weighted by atomic mass is 10.1. The van der Waals surface area contributed by atoms with Crippen LogP contribution in [0.4, 0.5) is 5.69 Å². The summed E-state index contributed by atoms with van der Waals surface area (Å²) in [6.45, 7) is 1.18. The van der Waals surface area contributed by atoms with Crippen molar-refractivity contribution in [1.29, 1.82) is 0 Å². The first-order chi connectivity index (χ1) is 7.66. The molecule has 0 aliphatic carbocycles. The van der Waals surface area contributed by atoms with Gasteiger partial charge in [-0.05, 0) is 40.5 Å². The molecule has 1 heterocycles. The molecule has 1 aromatic carbocycles. The van der Waals surface area contributed by atoms with E-state index in [0.29, 0.717) is 18.2 Å². The van der Waals surface area contributed by atoms with Crippen LogP contribution in [-0.2, 0) is 9.53 Å². The fraction of sp³-hybridized carbons (Fsp3) is 0.364. The minimum Gasteiger partial charge on any atom is -0.381 e. The fourth-order valence-corrected chi connectivity index (χ4v) is 2.06. The fourth-order valence-electron chi connectivity index (χ4n) is 1.56. The van der Waals surface area contributed by atoms with Crippen LogP contribution in [0, 0.1) is 5.92 Å². The van der Waals surface area contributed by atoms with Crippen LogP contribution in [-0.4, -0.2) is 19.1 Å². The number of carbonyl (C=O) groups excluding carboxylic acids is 1. The van der Waals surface area contributed by atoms with Crippen LogP contribution in [0.25, 0.3) is 0 Å². The number of rotatable bonds is 2. The lowest BCUT2D eigenvalue weighted by Crippen LogP contribution is -2.22. The van der Waals surface area contributed by atoms with E-state index in [1.54, 1.807) is 18.2 Å². The van der Waals surface area contributed by atoms with E-state index in [0.717, 1.165) is 16.6 Å². The van der Waals surface area contributed by atoms with Crippen molar-refractivity contribution in [3.63, 3.8) is 0 Å². The standard InChI is InChI=1S/C11H11BrClNO2/c12-9-5-8(1-2-10(9)13)14-11(15)7-3-4-16-6-7/h1-2,5,7H,3-4,6H2,(H,14,15). The van der Waals surface area contributed by atoms with Crippen molar-refractivity contribution >= 4 is 39.1 Å². The van der Waals surface area contributed by atoms with Crippen molar-refractivity contribution in [1.82, 2.24) is 0 Å². The number of hydrogen-bond acceptors (Lipinski definition) is 2. The maximum atomic E-state index is 11.8. The van der Waals surface area contributed by atoms with Gasteiger partial charge in [0.2, 0.25) is 5.91 Å². The van der Waals surface area contributed by atoms with Crippen LogP contribution in [0.3, 0.4) is 0 Å². The maximum absolute atomic E-state index is 11.8. The Morgan fingerprint density at radius 1 is 1.56 bits per heavy atom. The highest BCUT2D eigenvalue weighted by atomic mass is 79.9. The molecule has 0 aromatic heterocycles. The zero-order valence-electron chi connectivity index (χ0n) is 8.50. The van der Waals surface area contributed by atoms with E-state index >= 15 is 0 Å². The number of hydrogen-bond donors (Lipinski definition) is 1. The summed E-state index contributed by atoms with van der Waals surface area (Å²) in [5, 5.41) is 3.47. The molecule has 16 heavy (non-hydrogen) atoms. The number of nitrogens with one attached hydrogen (secondary N) is 1. The molecule has 1 aliphatic heterocycles. The number of benzene rings is 1. The molecule has 0 saturated carbocycles. The molecule has 1 saturated heterocycles. The summed E-state index contributed by atoms with van der Waals surface area (Å²) in [6.07, 6.45) is 0.792. The van der Waals surface area contributed by atoms with E-state index in [9.17, 15) is 4.79 Å². The van der Waals surface area contributed by atoms with Crippen molar-refractivity contribution in [2.45, 2.75) is 6.42 Å². The first-order valence-corrected chi connectivity index (χ1v) is 6.17. The van der Waals surface area contributed by atoms with Gasteiger partial charge in [-0.25, -0.2) is 0 Å². The molecule has 5 heteroatoms. The molecular formula is C11H11BrClNO2. The Bertz CT molecular complexity index is 405. The number of ether oxygens (including phenoxy) is 1. The Morgan fingerprint density at radius 2 is 2.38 bits per heavy atom. The molecule has 1 aliphatic rings. The molecular weight excluding hydrogens is 293 g/mol. The minimum atomic E-state index is -0.0329. The second-order valence-corrected chi connectivity index (χ2v) is 4.94. The van der Waals surface area contributed by atoms with Gasteiger partial charge < -0.3 is 10.1 Å². The third-order valence-corrected chi connectivity index (χ3v) is 3.70. The van der Waals surface area contributed by atoms with E-state index in [4.69, 9.17) is 16.3 Å². The average Bonchev–Trinajstić information content (AvgIpc) is 2.77. The first kappa shape index (κ1) is 11.9. The summed E-state index contributed by atoms with van der Waals surface area (Å²) >= 11 is 9.18. The highest BCUT2D eigenvalue weighted by Crippen LogP contribution is 2.26. The summed E-state index contributed by atoms with van der Waals surface area (Å²) in [6, 6.07) is 5.31. The highest BCUT2D eigenvalue weighted by molar-refractivity contribution is 9.10. The Hall–Kier alpha value is -0.580. The summed E-state index contributed by atoms with van der Waals surface area (Å²) in [4.78, 5) is 11.8. The molecule has 1 amide bonds. The molecule has 1 N–H and O–H groups in total. The third-order valence-electron chi connectivity index (χ3n) is 2.49. The third kappa shape index (κ3) is 2.75. The van der Waals surface area contributed by atoms with Gasteiger partial charge in [0.15, 0.2) is 0 Å². The average molecular weight is 305 g/mol. The highest BCUT2D eigenvalue weighted by Gasteiger charge is 2.23. The maximum Gasteiger partial charge on any atom is 0.229 e. The number of carbonyl (C=O) groups is 1. The van der Waals surface area contributed by atoms with Crippen LogP contribution in [0.15, 0.2) is 22.7 Å². The second kappa shape index (κ2) is 5.17. The smallest absolute Gasteiger partial charge is 0.229 e. The number of halogens is 2. The van der Waals surface area contributed by atoms with E-state index in [1.165, 1.54) is 0 Å². The van der Waals surface area contributed by atoms with Gasteiger partial charge in [0.1, 0.15) is 0 Å². The van der Waals surface area contributed by atoms with Gasteiger partial charge in [-0.3, -0.25) is 4.79 Å². The number of amides is 1. The Balaban J connectivity index is 2.02. The van der Waals surface area contributed by atoms with E-state index < -0.39 is 0 Å². The molecule has 86 valence electrons. The van der Waals surface area contributed by atoms with Gasteiger partial charge in [0.05, 0.1) is 17.5 Å². The van der Waals surface area contributed by atoms with Crippen molar-refractivity contribution in [3.8, 4) is 0 Å². The predicted octanol–water partition coefficient (Wildman–Crippen LogP) is 3.08. The SMILES string of the molecule is O=C(Nc1ccc(Cl)c(Br)c1)C1CCOC1. The molecule has 0 bridgehead atoms. The Labute approximate surface area is 107 Å². The van der Waals surface area contributed by atoms with Gasteiger partial charge in [-0.2, -0.15) is 0 Å². The quantitative estimate of drug-likeness (QED) is 0.912. The summed E-state index contributed by atoms with van der Waals surface area (Å²) in [7, 11) is 0. The molecule has 0 radical (unpaired) electrons. The van der Waals surface area contributed by atoms with E-state index in [-0.39, 0.29) is 11.8 Å². The summed E-state index contributed by atoms with van der Waals surface area (Å²) in [5.74, 6) is -0.0267. The van der Waals surface area contributed by atoms with Crippen LogP contribution >= 0.6 is 27.5 Å². The van der Waals surface area contributed by atoms with E-state index in [1.807, 2.05) is 0 Å². The Kier molecular flexibility index (Phi) is 3.84. The molecule has 0 spiro atoms. The topological polar surface area (TPSA) is 38.3 Å². The minimum absolute atomic E-state index is 0.00622. The number of anilines is 1. The molecule has 1 aromatic rings. The van der Waals surface area contributed by atoms with Crippen LogP contribution in [0.1, 0.15) is 6.42 Å². The van der Waals surface area contributed by atoms with Gasteiger partial charge >= 0.3 is 0 Å². The van der Waals surface area contributed by atoms with Crippen LogP contribution in [0.2, 0.25) is 5.02 Å². The van der Waals surface area contributed by atoms with Crippen molar-refractivity contribution < 1.29 is 9.53 Å². The zero-order valence-corrected chi connectivity index (χ0v) is 10.8. The monoisotopic (exact) mass is 303 g/mol. The lowest BCUT2D eigenvalue weighted by Gasteiger charge is -2.09. The van der Waals surface area contributed by atoms with Gasteiger partial charge in [0, 0.05) is 16.8 Å². The molecule has 2 rings (SSSR count). The van der Waals surface area contributed by atoms with Gasteiger partial charge in [0.25, 0.3) is 0 Å². The first-order valence-electron chi connectivity index (χ1n) is 5.00. The lowest BCUT2D eigenvalue weighted by molar-refractivity contribution is -0.119.